The van der Waals surface area contributed by atoms with E-state index in [-0.39, 0.29) is 11.4 Å². The van der Waals surface area contributed by atoms with E-state index in [1.165, 1.54) is 0 Å². The van der Waals surface area contributed by atoms with Gasteiger partial charge >= 0.3 is 0 Å². The molecule has 0 aromatic heterocycles. The number of ether oxygens (including phenoxy) is 1. The third-order valence-electron chi connectivity index (χ3n) is 2.68. The van der Waals surface area contributed by atoms with Gasteiger partial charge in [-0.25, -0.2) is 0 Å². The Hall–Kier alpha value is -0.410. The van der Waals surface area contributed by atoms with Crippen molar-refractivity contribution in [3.05, 3.63) is 0 Å². The number of carbonyl (C=O) groups is 1. The summed E-state index contributed by atoms with van der Waals surface area (Å²) in [5.41, 5.74) is -0.0479. The van der Waals surface area contributed by atoms with Crippen LogP contribution in [0.25, 0.3) is 0 Å². The van der Waals surface area contributed by atoms with Gasteiger partial charge in [-0.2, -0.15) is 0 Å². The van der Waals surface area contributed by atoms with E-state index in [2.05, 4.69) is 11.8 Å². The molecule has 3 nitrogen and oxygen atoms in total. The van der Waals surface area contributed by atoms with Crippen LogP contribution in [0.15, 0.2) is 0 Å². The molecule has 76 valence electrons. The first-order chi connectivity index (χ1) is 6.06. The summed E-state index contributed by atoms with van der Waals surface area (Å²) < 4.78 is 5.44. The van der Waals surface area contributed by atoms with Gasteiger partial charge in [0.1, 0.15) is 5.78 Å². The van der Waals surface area contributed by atoms with Crippen LogP contribution in [0.4, 0.5) is 0 Å². The number of rotatable bonds is 3. The van der Waals surface area contributed by atoms with Crippen LogP contribution in [0.1, 0.15) is 26.7 Å². The molecule has 1 aliphatic rings. The molecule has 3 heteroatoms. The van der Waals surface area contributed by atoms with Gasteiger partial charge in [0, 0.05) is 13.7 Å². The smallest absolute Gasteiger partial charge is 0.143 e. The van der Waals surface area contributed by atoms with Crippen LogP contribution < -0.4 is 0 Å². The van der Waals surface area contributed by atoms with E-state index < -0.39 is 0 Å². The second kappa shape index (κ2) is 4.20. The zero-order valence-corrected chi connectivity index (χ0v) is 8.80. The van der Waals surface area contributed by atoms with Crippen molar-refractivity contribution in [2.24, 2.45) is 0 Å². The average molecular weight is 185 g/mol. The third kappa shape index (κ3) is 3.08. The molecule has 0 aromatic carbocycles. The quantitative estimate of drug-likeness (QED) is 0.659. The molecule has 0 radical (unpaired) electrons. The van der Waals surface area contributed by atoms with Crippen molar-refractivity contribution in [2.45, 2.75) is 32.3 Å². The van der Waals surface area contributed by atoms with Gasteiger partial charge in [-0.3, -0.25) is 9.69 Å². The van der Waals surface area contributed by atoms with Crippen molar-refractivity contribution in [2.75, 3.05) is 26.7 Å². The Morgan fingerprint density at radius 2 is 2.31 bits per heavy atom. The molecular formula is C10H19NO2. The van der Waals surface area contributed by atoms with Gasteiger partial charge in [-0.1, -0.05) is 0 Å². The highest BCUT2D eigenvalue weighted by molar-refractivity contribution is 5.77. The summed E-state index contributed by atoms with van der Waals surface area (Å²) in [5, 5.41) is 0. The van der Waals surface area contributed by atoms with Gasteiger partial charge in [-0.15, -0.1) is 0 Å². The molecule has 1 saturated heterocycles. The zero-order chi connectivity index (χ0) is 9.90. The molecule has 0 spiro atoms. The van der Waals surface area contributed by atoms with Crippen LogP contribution in [0.3, 0.4) is 0 Å². The van der Waals surface area contributed by atoms with Crippen LogP contribution in [-0.4, -0.2) is 43.0 Å². The number of ketones is 1. The lowest BCUT2D eigenvalue weighted by Gasteiger charge is -2.39. The van der Waals surface area contributed by atoms with Gasteiger partial charge < -0.3 is 4.74 Å². The number of hydrogen-bond acceptors (Lipinski definition) is 3. The van der Waals surface area contributed by atoms with E-state index in [1.54, 1.807) is 14.0 Å². The van der Waals surface area contributed by atoms with Gasteiger partial charge in [0.25, 0.3) is 0 Å². The number of methoxy groups -OCH3 is 1. The number of nitrogens with zero attached hydrogens (tertiary/aromatic N) is 1. The summed E-state index contributed by atoms with van der Waals surface area (Å²) in [6, 6.07) is 0. The number of hydrogen-bond donors (Lipinski definition) is 0. The van der Waals surface area contributed by atoms with E-state index in [9.17, 15) is 4.79 Å². The molecule has 0 N–H and O–H groups in total. The molecule has 0 aliphatic carbocycles. The lowest BCUT2D eigenvalue weighted by atomic mass is 9.95. The molecule has 1 atom stereocenters. The number of piperidine rings is 1. The van der Waals surface area contributed by atoms with Crippen molar-refractivity contribution in [1.82, 2.24) is 4.90 Å². The van der Waals surface area contributed by atoms with Gasteiger partial charge in [0.05, 0.1) is 12.1 Å². The molecule has 0 amide bonds. The van der Waals surface area contributed by atoms with Crippen LogP contribution in [0.2, 0.25) is 0 Å². The van der Waals surface area contributed by atoms with Gasteiger partial charge in [0.15, 0.2) is 0 Å². The maximum Gasteiger partial charge on any atom is 0.143 e. The molecule has 0 saturated carbocycles. The second-order valence-corrected chi connectivity index (χ2v) is 4.17. The van der Waals surface area contributed by atoms with E-state index in [1.807, 2.05) is 0 Å². The number of likely N-dealkylation sites (tertiary alicyclic amines) is 1. The van der Waals surface area contributed by atoms with E-state index in [0.29, 0.717) is 6.54 Å². The Morgan fingerprint density at radius 1 is 1.62 bits per heavy atom. The number of carbonyl (C=O) groups excluding carboxylic acids is 1. The Kier molecular flexibility index (Phi) is 3.45. The highest BCUT2D eigenvalue weighted by Crippen LogP contribution is 2.23. The van der Waals surface area contributed by atoms with Gasteiger partial charge in [-0.05, 0) is 33.2 Å². The van der Waals surface area contributed by atoms with Crippen LogP contribution in [0, 0.1) is 0 Å². The van der Waals surface area contributed by atoms with Crippen LogP contribution in [0.5, 0.6) is 0 Å². The zero-order valence-electron chi connectivity index (χ0n) is 8.80. The summed E-state index contributed by atoms with van der Waals surface area (Å²) >= 11 is 0. The van der Waals surface area contributed by atoms with E-state index in [4.69, 9.17) is 4.74 Å². The molecule has 1 unspecified atom stereocenters. The lowest BCUT2D eigenvalue weighted by molar-refractivity contribution is -0.120. The van der Waals surface area contributed by atoms with Crippen LogP contribution in [-0.2, 0) is 9.53 Å². The minimum atomic E-state index is -0.0479. The molecule has 1 aliphatic heterocycles. The maximum absolute atomic E-state index is 10.9. The van der Waals surface area contributed by atoms with Crippen LogP contribution >= 0.6 is 0 Å². The highest BCUT2D eigenvalue weighted by Gasteiger charge is 2.30. The van der Waals surface area contributed by atoms with Crippen molar-refractivity contribution in [3.63, 3.8) is 0 Å². The summed E-state index contributed by atoms with van der Waals surface area (Å²) in [6.07, 6.45) is 2.22. The molecule has 0 bridgehead atoms. The van der Waals surface area contributed by atoms with Crippen molar-refractivity contribution >= 4 is 5.78 Å². The molecule has 1 heterocycles. The Bertz CT molecular complexity index is 193. The largest absolute Gasteiger partial charge is 0.377 e. The molecule has 1 fully saturated rings. The fraction of sp³-hybridized carbons (Fsp3) is 0.900. The molecule has 0 aromatic rings. The summed E-state index contributed by atoms with van der Waals surface area (Å²) in [4.78, 5) is 13.1. The minimum absolute atomic E-state index is 0.0479. The predicted molar refractivity (Wildman–Crippen MR) is 51.8 cm³/mol. The molecule has 13 heavy (non-hydrogen) atoms. The van der Waals surface area contributed by atoms with E-state index >= 15 is 0 Å². The van der Waals surface area contributed by atoms with Crippen molar-refractivity contribution in [1.29, 1.82) is 0 Å². The van der Waals surface area contributed by atoms with E-state index in [0.717, 1.165) is 25.9 Å². The highest BCUT2D eigenvalue weighted by atomic mass is 16.5. The third-order valence-corrected chi connectivity index (χ3v) is 2.68. The second-order valence-electron chi connectivity index (χ2n) is 4.17. The standard InChI is InChI=1S/C10H19NO2/c1-9(12)7-11-6-4-5-10(2,8-11)13-3/h4-8H2,1-3H3. The van der Waals surface area contributed by atoms with Gasteiger partial charge in [0.2, 0.25) is 0 Å². The summed E-state index contributed by atoms with van der Waals surface area (Å²) in [6.45, 7) is 6.22. The summed E-state index contributed by atoms with van der Waals surface area (Å²) in [5.74, 6) is 0.236. The first-order valence-corrected chi connectivity index (χ1v) is 4.83. The topological polar surface area (TPSA) is 29.5 Å². The predicted octanol–water partition coefficient (Wildman–Crippen LogP) is 1.08. The lowest BCUT2D eigenvalue weighted by Crippen LogP contribution is -2.48. The maximum atomic E-state index is 10.9. The normalized spacial score (nSPS) is 30.4. The molecular weight excluding hydrogens is 166 g/mol. The molecule has 1 rings (SSSR count). The SMILES string of the molecule is COC1(C)CCCN(CC(C)=O)C1. The van der Waals surface area contributed by atoms with Crippen molar-refractivity contribution < 1.29 is 9.53 Å². The average Bonchev–Trinajstić information content (AvgIpc) is 2.03. The first kappa shape index (κ1) is 10.7. The Balaban J connectivity index is 2.46. The minimum Gasteiger partial charge on any atom is -0.377 e. The fourth-order valence-corrected chi connectivity index (χ4v) is 1.92. The first-order valence-electron chi connectivity index (χ1n) is 4.83. The van der Waals surface area contributed by atoms with Crippen molar-refractivity contribution in [3.8, 4) is 0 Å². The fourth-order valence-electron chi connectivity index (χ4n) is 1.92. The Morgan fingerprint density at radius 3 is 2.85 bits per heavy atom. The monoisotopic (exact) mass is 185 g/mol. The number of Topliss-reactive ketones (excluding diaryl/α,β-unsaturated/α-hetero) is 1. The summed E-state index contributed by atoms with van der Waals surface area (Å²) in [7, 11) is 1.75. The Labute approximate surface area is 80.1 Å².